The van der Waals surface area contributed by atoms with E-state index in [4.69, 9.17) is 0 Å². The Bertz CT molecular complexity index is 494. The first-order chi connectivity index (χ1) is 8.18. The molecule has 3 nitrogen and oxygen atoms in total. The van der Waals surface area contributed by atoms with Crippen LogP contribution in [0.5, 0.6) is 0 Å². The van der Waals surface area contributed by atoms with Crippen LogP contribution in [0.25, 0.3) is 0 Å². The van der Waals surface area contributed by atoms with E-state index in [9.17, 15) is 0 Å². The molecule has 0 aliphatic rings. The molecule has 3 heteroatoms. The summed E-state index contributed by atoms with van der Waals surface area (Å²) in [5, 5.41) is 3.42. The van der Waals surface area contributed by atoms with Crippen LogP contribution in [0.1, 0.15) is 29.8 Å². The molecular formula is C14H17N3. The van der Waals surface area contributed by atoms with Gasteiger partial charge in [-0.2, -0.15) is 0 Å². The zero-order chi connectivity index (χ0) is 12.3. The Morgan fingerprint density at radius 1 is 1.06 bits per heavy atom. The Morgan fingerprint density at radius 2 is 1.76 bits per heavy atom. The van der Waals surface area contributed by atoms with Crippen molar-refractivity contribution in [3.8, 4) is 0 Å². The lowest BCUT2D eigenvalue weighted by Crippen LogP contribution is -2.10. The Kier molecular flexibility index (Phi) is 3.38. The minimum absolute atomic E-state index is 0.240. The van der Waals surface area contributed by atoms with Gasteiger partial charge in [0, 0.05) is 17.3 Å². The van der Waals surface area contributed by atoms with E-state index in [-0.39, 0.29) is 6.04 Å². The van der Waals surface area contributed by atoms with E-state index in [1.165, 1.54) is 5.56 Å². The molecule has 2 aromatic rings. The summed E-state index contributed by atoms with van der Waals surface area (Å²) >= 11 is 0. The number of anilines is 1. The molecule has 1 heterocycles. The average molecular weight is 227 g/mol. The Balaban J connectivity index is 2.19. The molecule has 0 amide bonds. The number of nitrogens with one attached hydrogen (secondary N) is 1. The fourth-order valence-corrected chi connectivity index (χ4v) is 1.71. The minimum atomic E-state index is 0.240. The highest BCUT2D eigenvalue weighted by atomic mass is 15.0. The lowest BCUT2D eigenvalue weighted by Gasteiger charge is -2.16. The Labute approximate surface area is 102 Å². The number of aryl methyl sites for hydroxylation is 1. The van der Waals surface area contributed by atoms with Gasteiger partial charge in [-0.1, -0.05) is 30.3 Å². The molecule has 2 rings (SSSR count). The lowest BCUT2D eigenvalue weighted by atomic mass is 10.1. The van der Waals surface area contributed by atoms with Gasteiger partial charge in [-0.3, -0.25) is 0 Å². The first-order valence-corrected chi connectivity index (χ1v) is 5.78. The van der Waals surface area contributed by atoms with Gasteiger partial charge in [-0.25, -0.2) is 9.97 Å². The zero-order valence-corrected chi connectivity index (χ0v) is 10.4. The van der Waals surface area contributed by atoms with E-state index in [1.54, 1.807) is 6.33 Å². The molecule has 1 aromatic heterocycles. The van der Waals surface area contributed by atoms with Crippen molar-refractivity contribution in [1.82, 2.24) is 9.97 Å². The Hall–Kier alpha value is -1.90. The molecule has 0 bridgehead atoms. The second kappa shape index (κ2) is 4.95. The molecule has 1 N–H and O–H groups in total. The van der Waals surface area contributed by atoms with E-state index < -0.39 is 0 Å². The highest BCUT2D eigenvalue weighted by Crippen LogP contribution is 2.20. The van der Waals surface area contributed by atoms with Gasteiger partial charge in [-0.05, 0) is 26.3 Å². The molecule has 0 saturated heterocycles. The minimum Gasteiger partial charge on any atom is -0.363 e. The number of hydrogen-bond donors (Lipinski definition) is 1. The van der Waals surface area contributed by atoms with Gasteiger partial charge in [0.15, 0.2) is 0 Å². The highest BCUT2D eigenvalue weighted by molar-refractivity contribution is 5.46. The maximum atomic E-state index is 4.28. The van der Waals surface area contributed by atoms with Gasteiger partial charge in [0.1, 0.15) is 12.1 Å². The standard InChI is InChI=1S/C14H17N3/c1-10-11(2)15-9-16-14(10)17-12(3)13-7-5-4-6-8-13/h4-9,12H,1-3H3,(H,15,16,17). The predicted octanol–water partition coefficient (Wildman–Crippen LogP) is 3.27. The van der Waals surface area contributed by atoms with Crippen molar-refractivity contribution >= 4 is 5.82 Å². The molecule has 1 atom stereocenters. The highest BCUT2D eigenvalue weighted by Gasteiger charge is 2.08. The summed E-state index contributed by atoms with van der Waals surface area (Å²) in [6.45, 7) is 6.16. The molecule has 0 aliphatic carbocycles. The summed E-state index contributed by atoms with van der Waals surface area (Å²) in [4.78, 5) is 8.45. The van der Waals surface area contributed by atoms with Crippen LogP contribution in [-0.4, -0.2) is 9.97 Å². The van der Waals surface area contributed by atoms with E-state index in [0.717, 1.165) is 17.1 Å². The van der Waals surface area contributed by atoms with Gasteiger partial charge < -0.3 is 5.32 Å². The normalized spacial score (nSPS) is 12.2. The summed E-state index contributed by atoms with van der Waals surface area (Å²) in [6, 6.07) is 10.6. The van der Waals surface area contributed by atoms with Gasteiger partial charge in [0.25, 0.3) is 0 Å². The number of nitrogens with zero attached hydrogens (tertiary/aromatic N) is 2. The molecule has 0 aliphatic heterocycles. The summed E-state index contributed by atoms with van der Waals surface area (Å²) in [5.41, 5.74) is 3.38. The van der Waals surface area contributed by atoms with Crippen molar-refractivity contribution in [2.24, 2.45) is 0 Å². The third kappa shape index (κ3) is 2.61. The maximum Gasteiger partial charge on any atom is 0.133 e. The van der Waals surface area contributed by atoms with Crippen molar-refractivity contribution in [2.75, 3.05) is 5.32 Å². The second-order valence-corrected chi connectivity index (χ2v) is 4.21. The summed E-state index contributed by atoms with van der Waals surface area (Å²) in [7, 11) is 0. The monoisotopic (exact) mass is 227 g/mol. The largest absolute Gasteiger partial charge is 0.363 e. The number of hydrogen-bond acceptors (Lipinski definition) is 3. The van der Waals surface area contributed by atoms with Gasteiger partial charge >= 0.3 is 0 Å². The van der Waals surface area contributed by atoms with Crippen LogP contribution in [0.15, 0.2) is 36.7 Å². The average Bonchev–Trinajstić information content (AvgIpc) is 2.36. The van der Waals surface area contributed by atoms with Crippen molar-refractivity contribution in [3.63, 3.8) is 0 Å². The van der Waals surface area contributed by atoms with Crippen LogP contribution >= 0.6 is 0 Å². The van der Waals surface area contributed by atoms with Crippen LogP contribution in [0, 0.1) is 13.8 Å². The van der Waals surface area contributed by atoms with Crippen LogP contribution in [-0.2, 0) is 0 Å². The topological polar surface area (TPSA) is 37.8 Å². The summed E-state index contributed by atoms with van der Waals surface area (Å²) in [6.07, 6.45) is 1.60. The van der Waals surface area contributed by atoms with Crippen LogP contribution in [0.3, 0.4) is 0 Å². The van der Waals surface area contributed by atoms with E-state index >= 15 is 0 Å². The Morgan fingerprint density at radius 3 is 2.47 bits per heavy atom. The van der Waals surface area contributed by atoms with E-state index in [1.807, 2.05) is 32.0 Å². The molecule has 0 fully saturated rings. The third-order valence-corrected chi connectivity index (χ3v) is 2.99. The lowest BCUT2D eigenvalue weighted by molar-refractivity contribution is 0.865. The van der Waals surface area contributed by atoms with Gasteiger partial charge in [0.2, 0.25) is 0 Å². The molecule has 1 aromatic carbocycles. The molecule has 0 saturated carbocycles. The third-order valence-electron chi connectivity index (χ3n) is 2.99. The first kappa shape index (κ1) is 11.6. The smallest absolute Gasteiger partial charge is 0.133 e. The quantitative estimate of drug-likeness (QED) is 0.874. The fraction of sp³-hybridized carbons (Fsp3) is 0.286. The van der Waals surface area contributed by atoms with Crippen molar-refractivity contribution < 1.29 is 0 Å². The van der Waals surface area contributed by atoms with Crippen LogP contribution in [0.2, 0.25) is 0 Å². The predicted molar refractivity (Wildman–Crippen MR) is 70.0 cm³/mol. The van der Waals surface area contributed by atoms with E-state index in [2.05, 4.69) is 34.3 Å². The van der Waals surface area contributed by atoms with Crippen molar-refractivity contribution in [1.29, 1.82) is 0 Å². The van der Waals surface area contributed by atoms with Gasteiger partial charge in [0.05, 0.1) is 0 Å². The molecule has 0 spiro atoms. The molecule has 88 valence electrons. The molecule has 17 heavy (non-hydrogen) atoms. The number of rotatable bonds is 3. The summed E-state index contributed by atoms with van der Waals surface area (Å²) in [5.74, 6) is 0.911. The zero-order valence-electron chi connectivity index (χ0n) is 10.4. The van der Waals surface area contributed by atoms with Crippen molar-refractivity contribution in [2.45, 2.75) is 26.8 Å². The van der Waals surface area contributed by atoms with Crippen LogP contribution in [0.4, 0.5) is 5.82 Å². The maximum absolute atomic E-state index is 4.28. The second-order valence-electron chi connectivity index (χ2n) is 4.21. The fourth-order valence-electron chi connectivity index (χ4n) is 1.71. The molecule has 1 unspecified atom stereocenters. The molecular weight excluding hydrogens is 210 g/mol. The van der Waals surface area contributed by atoms with E-state index in [0.29, 0.717) is 0 Å². The van der Waals surface area contributed by atoms with Crippen LogP contribution < -0.4 is 5.32 Å². The SMILES string of the molecule is Cc1ncnc(NC(C)c2ccccc2)c1C. The number of aromatic nitrogens is 2. The first-order valence-electron chi connectivity index (χ1n) is 5.78. The molecule has 0 radical (unpaired) electrons. The van der Waals surface area contributed by atoms with Crippen molar-refractivity contribution in [3.05, 3.63) is 53.5 Å². The summed E-state index contributed by atoms with van der Waals surface area (Å²) < 4.78 is 0. The number of benzene rings is 1. The van der Waals surface area contributed by atoms with Gasteiger partial charge in [-0.15, -0.1) is 0 Å².